The Bertz CT molecular complexity index is 357. The van der Waals surface area contributed by atoms with Crippen molar-refractivity contribution in [3.05, 3.63) is 29.8 Å². The molecule has 0 bridgehead atoms. The average molecular weight is 204 g/mol. The van der Waals surface area contributed by atoms with Gasteiger partial charge in [-0.15, -0.1) is 0 Å². The molecule has 0 spiro atoms. The lowest BCUT2D eigenvalue weighted by molar-refractivity contribution is -0.120. The first-order valence-corrected chi connectivity index (χ1v) is 5.57. The highest BCUT2D eigenvalue weighted by Crippen LogP contribution is 2.34. The van der Waals surface area contributed by atoms with Crippen molar-refractivity contribution in [2.24, 2.45) is 0 Å². The van der Waals surface area contributed by atoms with E-state index >= 15 is 0 Å². The Kier molecular flexibility index (Phi) is 3.05. The van der Waals surface area contributed by atoms with E-state index in [1.54, 1.807) is 0 Å². The Morgan fingerprint density at radius 1 is 1.47 bits per heavy atom. The van der Waals surface area contributed by atoms with Gasteiger partial charge in [-0.2, -0.15) is 0 Å². The predicted molar refractivity (Wildman–Crippen MR) is 59.2 cm³/mol. The molecule has 1 aliphatic heterocycles. The molecule has 1 unspecified atom stereocenters. The van der Waals surface area contributed by atoms with Crippen molar-refractivity contribution >= 4 is 5.78 Å². The average Bonchev–Trinajstić information content (AvgIpc) is 2.69. The lowest BCUT2D eigenvalue weighted by atomic mass is 9.94. The molecule has 1 aromatic rings. The topological polar surface area (TPSA) is 26.3 Å². The van der Waals surface area contributed by atoms with Crippen LogP contribution in [0.3, 0.4) is 0 Å². The van der Waals surface area contributed by atoms with Gasteiger partial charge in [0, 0.05) is 12.0 Å². The van der Waals surface area contributed by atoms with Gasteiger partial charge in [-0.1, -0.05) is 31.5 Å². The van der Waals surface area contributed by atoms with Gasteiger partial charge in [-0.05, 0) is 12.5 Å². The summed E-state index contributed by atoms with van der Waals surface area (Å²) in [6.07, 6.45) is 2.73. The Balaban J connectivity index is 2.10. The van der Waals surface area contributed by atoms with Crippen LogP contribution in [0.5, 0.6) is 5.75 Å². The molecule has 1 atom stereocenters. The smallest absolute Gasteiger partial charge is 0.143 e. The highest BCUT2D eigenvalue weighted by atomic mass is 16.5. The molecule has 1 aliphatic rings. The van der Waals surface area contributed by atoms with Crippen LogP contribution in [0, 0.1) is 0 Å². The van der Waals surface area contributed by atoms with Crippen molar-refractivity contribution < 1.29 is 9.53 Å². The zero-order valence-corrected chi connectivity index (χ0v) is 9.03. The normalized spacial score (nSPS) is 18.3. The largest absolute Gasteiger partial charge is 0.492 e. The number of ketones is 1. The molecule has 0 saturated heterocycles. The quantitative estimate of drug-likeness (QED) is 0.753. The van der Waals surface area contributed by atoms with Crippen molar-refractivity contribution in [1.29, 1.82) is 0 Å². The van der Waals surface area contributed by atoms with E-state index in [1.165, 1.54) is 0 Å². The van der Waals surface area contributed by atoms with E-state index in [2.05, 4.69) is 6.92 Å². The molecule has 1 aromatic carbocycles. The number of benzene rings is 1. The summed E-state index contributed by atoms with van der Waals surface area (Å²) in [5.41, 5.74) is 1.07. The van der Waals surface area contributed by atoms with E-state index < -0.39 is 0 Å². The first-order valence-electron chi connectivity index (χ1n) is 5.57. The second kappa shape index (κ2) is 4.47. The molecule has 2 rings (SSSR count). The number of ether oxygens (including phenoxy) is 1. The van der Waals surface area contributed by atoms with Crippen molar-refractivity contribution in [3.63, 3.8) is 0 Å². The number of Topliss-reactive ketones (excluding diaryl/α,β-unsaturated/α-hetero) is 1. The Hall–Kier alpha value is -1.31. The first-order chi connectivity index (χ1) is 7.33. The van der Waals surface area contributed by atoms with Gasteiger partial charge in [-0.3, -0.25) is 4.79 Å². The Morgan fingerprint density at radius 2 is 2.27 bits per heavy atom. The van der Waals surface area contributed by atoms with Crippen molar-refractivity contribution in [3.8, 4) is 5.75 Å². The molecule has 0 N–H and O–H groups in total. The third kappa shape index (κ3) is 2.04. The van der Waals surface area contributed by atoms with E-state index in [4.69, 9.17) is 4.74 Å². The highest BCUT2D eigenvalue weighted by Gasteiger charge is 2.28. The fraction of sp³-hybridized carbons (Fsp3) is 0.462. The summed E-state index contributed by atoms with van der Waals surface area (Å²) in [6, 6.07) is 7.84. The molecule has 1 heterocycles. The third-order valence-corrected chi connectivity index (χ3v) is 2.87. The number of unbranched alkanes of at least 4 members (excludes halogenated alkanes) is 1. The van der Waals surface area contributed by atoms with E-state index in [9.17, 15) is 4.79 Å². The summed E-state index contributed by atoms with van der Waals surface area (Å²) in [6.45, 7) is 2.63. The van der Waals surface area contributed by atoms with Gasteiger partial charge in [0.1, 0.15) is 18.1 Å². The molecular weight excluding hydrogens is 188 g/mol. The molecule has 0 fully saturated rings. The molecule has 0 aliphatic carbocycles. The minimum atomic E-state index is -0.0206. The van der Waals surface area contributed by atoms with Crippen LogP contribution in [0.2, 0.25) is 0 Å². The number of carbonyl (C=O) groups excluding carboxylic acids is 1. The van der Waals surface area contributed by atoms with Gasteiger partial charge < -0.3 is 4.74 Å². The summed E-state index contributed by atoms with van der Waals surface area (Å²) in [4.78, 5) is 11.9. The van der Waals surface area contributed by atoms with E-state index in [-0.39, 0.29) is 5.92 Å². The van der Waals surface area contributed by atoms with Crippen LogP contribution in [0.4, 0.5) is 0 Å². The number of fused-ring (bicyclic) bond motifs is 1. The Labute approximate surface area is 90.3 Å². The minimum absolute atomic E-state index is 0.0206. The molecule has 2 heteroatoms. The maximum absolute atomic E-state index is 11.9. The maximum Gasteiger partial charge on any atom is 0.143 e. The van der Waals surface area contributed by atoms with E-state index in [0.29, 0.717) is 18.8 Å². The fourth-order valence-electron chi connectivity index (χ4n) is 1.95. The van der Waals surface area contributed by atoms with Gasteiger partial charge in [0.05, 0.1) is 5.92 Å². The lowest BCUT2D eigenvalue weighted by Gasteiger charge is -2.06. The van der Waals surface area contributed by atoms with Gasteiger partial charge >= 0.3 is 0 Å². The number of rotatable bonds is 4. The third-order valence-electron chi connectivity index (χ3n) is 2.87. The van der Waals surface area contributed by atoms with E-state index in [0.717, 1.165) is 24.2 Å². The molecule has 2 nitrogen and oxygen atoms in total. The van der Waals surface area contributed by atoms with Crippen LogP contribution < -0.4 is 4.74 Å². The summed E-state index contributed by atoms with van der Waals surface area (Å²) in [5.74, 6) is 1.18. The molecule has 0 aromatic heterocycles. The standard InChI is InChI=1S/C13H16O2/c1-2-3-7-12(14)11-9-15-13-8-5-4-6-10(11)13/h4-6,8,11H,2-3,7,9H2,1H3. The minimum Gasteiger partial charge on any atom is -0.492 e. The SMILES string of the molecule is CCCCC(=O)C1COc2ccccc21. The summed E-state index contributed by atoms with van der Waals surface area (Å²) >= 11 is 0. The molecule has 0 radical (unpaired) electrons. The number of carbonyl (C=O) groups is 1. The number of hydrogen-bond donors (Lipinski definition) is 0. The highest BCUT2D eigenvalue weighted by molar-refractivity contribution is 5.87. The molecular formula is C13H16O2. The van der Waals surface area contributed by atoms with Crippen molar-refractivity contribution in [2.45, 2.75) is 32.1 Å². The van der Waals surface area contributed by atoms with Crippen molar-refractivity contribution in [1.82, 2.24) is 0 Å². The first kappa shape index (κ1) is 10.2. The summed E-state index contributed by atoms with van der Waals surface area (Å²) in [5, 5.41) is 0. The van der Waals surface area contributed by atoms with Crippen LogP contribution >= 0.6 is 0 Å². The van der Waals surface area contributed by atoms with Gasteiger partial charge in [-0.25, -0.2) is 0 Å². The molecule has 0 amide bonds. The second-order valence-corrected chi connectivity index (χ2v) is 3.97. The predicted octanol–water partition coefficient (Wildman–Crippen LogP) is 2.92. The van der Waals surface area contributed by atoms with Crippen LogP contribution in [-0.4, -0.2) is 12.4 Å². The van der Waals surface area contributed by atoms with Gasteiger partial charge in [0.25, 0.3) is 0 Å². The zero-order chi connectivity index (χ0) is 10.7. The molecule has 80 valence electrons. The monoisotopic (exact) mass is 204 g/mol. The van der Waals surface area contributed by atoms with E-state index in [1.807, 2.05) is 24.3 Å². The van der Waals surface area contributed by atoms with Crippen molar-refractivity contribution in [2.75, 3.05) is 6.61 Å². The second-order valence-electron chi connectivity index (χ2n) is 3.97. The zero-order valence-electron chi connectivity index (χ0n) is 9.03. The van der Waals surface area contributed by atoms with Gasteiger partial charge in [0.15, 0.2) is 0 Å². The lowest BCUT2D eigenvalue weighted by Crippen LogP contribution is -2.13. The van der Waals surface area contributed by atoms with Crippen LogP contribution in [0.1, 0.15) is 37.7 Å². The summed E-state index contributed by atoms with van der Waals surface area (Å²) < 4.78 is 5.49. The number of hydrogen-bond acceptors (Lipinski definition) is 2. The van der Waals surface area contributed by atoms with Crippen LogP contribution in [0.15, 0.2) is 24.3 Å². The number of para-hydroxylation sites is 1. The Morgan fingerprint density at radius 3 is 3.07 bits per heavy atom. The summed E-state index contributed by atoms with van der Waals surface area (Å²) in [7, 11) is 0. The van der Waals surface area contributed by atoms with Crippen LogP contribution in [0.25, 0.3) is 0 Å². The van der Waals surface area contributed by atoms with Gasteiger partial charge in [0.2, 0.25) is 0 Å². The maximum atomic E-state index is 11.9. The molecule has 15 heavy (non-hydrogen) atoms. The van der Waals surface area contributed by atoms with Crippen LogP contribution in [-0.2, 0) is 4.79 Å². The fourth-order valence-corrected chi connectivity index (χ4v) is 1.95. The molecule has 0 saturated carbocycles.